The number of rotatable bonds is 4. The van der Waals surface area contributed by atoms with Crippen LogP contribution in [0.1, 0.15) is 38.8 Å². The Labute approximate surface area is 138 Å². The van der Waals surface area contributed by atoms with E-state index in [1.54, 1.807) is 0 Å². The van der Waals surface area contributed by atoms with Crippen molar-refractivity contribution in [3.8, 4) is 12.3 Å². The van der Waals surface area contributed by atoms with E-state index in [0.29, 0.717) is 0 Å². The molecule has 0 N–H and O–H groups in total. The average molecular weight is 342 g/mol. The Hall–Kier alpha value is -2.03. The van der Waals surface area contributed by atoms with E-state index in [4.69, 9.17) is 11.2 Å². The fraction of sp³-hybridized carbons (Fsp3) is 0.500. The van der Waals surface area contributed by atoms with Crippen LogP contribution in [0.3, 0.4) is 0 Å². The number of ether oxygens (including phenoxy) is 1. The van der Waals surface area contributed by atoms with E-state index in [1.807, 2.05) is 33.6 Å². The van der Waals surface area contributed by atoms with Crippen molar-refractivity contribution in [2.24, 2.45) is 16.7 Å². The van der Waals surface area contributed by atoms with Gasteiger partial charge in [0.25, 0.3) is 0 Å². The van der Waals surface area contributed by atoms with E-state index in [1.165, 1.54) is 0 Å². The molecule has 0 heterocycles. The smallest absolute Gasteiger partial charge is 0.310 e. The Morgan fingerprint density at radius 2 is 1.42 bits per heavy atom. The van der Waals surface area contributed by atoms with E-state index in [9.17, 15) is 22.4 Å². The summed E-state index contributed by atoms with van der Waals surface area (Å²) in [5.74, 6) is -5.50. The molecule has 1 aromatic carbocycles. The third-order valence-corrected chi connectivity index (χ3v) is 5.34. The zero-order chi connectivity index (χ0) is 18.4. The maximum atomic E-state index is 14.0. The molecule has 1 aliphatic rings. The molecule has 2 rings (SSSR count). The highest BCUT2D eigenvalue weighted by atomic mass is 19.2. The first-order chi connectivity index (χ1) is 11.0. The first-order valence-corrected chi connectivity index (χ1v) is 7.42. The van der Waals surface area contributed by atoms with Gasteiger partial charge in [-0.25, -0.2) is 17.6 Å². The largest absolute Gasteiger partial charge is 0.460 e. The first-order valence-electron chi connectivity index (χ1n) is 7.42. The van der Waals surface area contributed by atoms with Crippen molar-refractivity contribution in [3.05, 3.63) is 34.4 Å². The van der Waals surface area contributed by atoms with Crippen molar-refractivity contribution in [2.75, 3.05) is 0 Å². The summed E-state index contributed by atoms with van der Waals surface area (Å²) in [6, 6.07) is 0. The van der Waals surface area contributed by atoms with Crippen LogP contribution in [0.25, 0.3) is 0 Å². The Kier molecular flexibility index (Phi) is 4.43. The van der Waals surface area contributed by atoms with Gasteiger partial charge in [-0.05, 0) is 10.8 Å². The molecular formula is C18H18F4O2. The molecule has 0 unspecified atom stereocenters. The van der Waals surface area contributed by atoms with Crippen molar-refractivity contribution in [2.45, 2.75) is 40.7 Å². The number of esters is 1. The zero-order valence-corrected chi connectivity index (χ0v) is 13.9. The molecule has 0 bridgehead atoms. The minimum Gasteiger partial charge on any atom is -0.460 e. The summed E-state index contributed by atoms with van der Waals surface area (Å²) >= 11 is 0. The normalized spacial score (nSPS) is 18.1. The van der Waals surface area contributed by atoms with Gasteiger partial charge in [0.05, 0.1) is 11.5 Å². The van der Waals surface area contributed by atoms with Crippen molar-refractivity contribution >= 4 is 5.97 Å². The van der Waals surface area contributed by atoms with E-state index < -0.39 is 59.3 Å². The predicted octanol–water partition coefficient (Wildman–Crippen LogP) is 4.14. The first kappa shape index (κ1) is 18.3. The van der Waals surface area contributed by atoms with Gasteiger partial charge < -0.3 is 4.74 Å². The lowest BCUT2D eigenvalue weighted by molar-refractivity contribution is -0.148. The van der Waals surface area contributed by atoms with Crippen LogP contribution in [-0.2, 0) is 22.6 Å². The summed E-state index contributed by atoms with van der Waals surface area (Å²) in [4.78, 5) is 12.1. The van der Waals surface area contributed by atoms with Crippen LogP contribution in [0.2, 0.25) is 0 Å². The van der Waals surface area contributed by atoms with Crippen LogP contribution in [0.5, 0.6) is 0 Å². The molecule has 0 atom stereocenters. The molecule has 0 spiro atoms. The SMILES string of the molecule is C#CCc1c(F)c(F)c(COC(=O)C2C(C)(C)C2(C)C)c(F)c1F. The maximum Gasteiger partial charge on any atom is 0.310 e. The topological polar surface area (TPSA) is 26.3 Å². The van der Waals surface area contributed by atoms with Gasteiger partial charge in [-0.1, -0.05) is 27.7 Å². The van der Waals surface area contributed by atoms with E-state index >= 15 is 0 Å². The summed E-state index contributed by atoms with van der Waals surface area (Å²) in [6.45, 7) is 6.59. The van der Waals surface area contributed by atoms with Gasteiger partial charge in [-0.3, -0.25) is 4.79 Å². The minimum absolute atomic E-state index is 0.325. The lowest BCUT2D eigenvalue weighted by atomic mass is 10.0. The molecule has 24 heavy (non-hydrogen) atoms. The second-order valence-corrected chi connectivity index (χ2v) is 7.08. The molecule has 0 aliphatic heterocycles. The van der Waals surface area contributed by atoms with Crippen molar-refractivity contribution in [1.29, 1.82) is 0 Å². The number of carbonyl (C=O) groups is 1. The number of carbonyl (C=O) groups excluding carboxylic acids is 1. The summed E-state index contributed by atoms with van der Waals surface area (Å²) in [6.07, 6.45) is 4.34. The third kappa shape index (κ3) is 2.56. The van der Waals surface area contributed by atoms with Crippen LogP contribution in [-0.4, -0.2) is 5.97 Å². The monoisotopic (exact) mass is 342 g/mol. The second kappa shape index (κ2) is 5.80. The Morgan fingerprint density at radius 3 is 1.79 bits per heavy atom. The number of halogens is 4. The van der Waals surface area contributed by atoms with Crippen molar-refractivity contribution in [3.63, 3.8) is 0 Å². The van der Waals surface area contributed by atoms with Crippen LogP contribution in [0.15, 0.2) is 0 Å². The highest BCUT2D eigenvalue weighted by Crippen LogP contribution is 2.68. The van der Waals surface area contributed by atoms with Crippen molar-refractivity contribution in [1.82, 2.24) is 0 Å². The Bertz CT molecular complexity index is 701. The maximum absolute atomic E-state index is 14.0. The molecule has 1 aliphatic carbocycles. The zero-order valence-electron chi connectivity index (χ0n) is 13.9. The van der Waals surface area contributed by atoms with E-state index in [2.05, 4.69) is 0 Å². The molecule has 1 fully saturated rings. The van der Waals surface area contributed by atoms with Crippen LogP contribution in [0, 0.1) is 52.4 Å². The van der Waals surface area contributed by atoms with E-state index in [0.717, 1.165) is 0 Å². The lowest BCUT2D eigenvalue weighted by Crippen LogP contribution is -2.15. The summed E-state index contributed by atoms with van der Waals surface area (Å²) < 4.78 is 60.4. The van der Waals surface area contributed by atoms with Gasteiger partial charge in [0.15, 0.2) is 23.3 Å². The second-order valence-electron chi connectivity index (χ2n) is 7.08. The van der Waals surface area contributed by atoms with E-state index in [-0.39, 0.29) is 10.8 Å². The van der Waals surface area contributed by atoms with Crippen LogP contribution < -0.4 is 0 Å². The number of benzene rings is 1. The molecule has 0 amide bonds. The summed E-state index contributed by atoms with van der Waals surface area (Å²) in [7, 11) is 0. The number of terminal acetylenes is 1. The fourth-order valence-corrected chi connectivity index (χ4v) is 3.12. The third-order valence-electron chi connectivity index (χ3n) is 5.34. The Morgan fingerprint density at radius 1 is 1.00 bits per heavy atom. The molecule has 130 valence electrons. The molecule has 6 heteroatoms. The van der Waals surface area contributed by atoms with Gasteiger partial charge in [0.1, 0.15) is 6.61 Å². The van der Waals surface area contributed by atoms with Gasteiger partial charge in [0, 0.05) is 12.0 Å². The standard InChI is InChI=1S/C18H18F4O2/c1-6-7-9-11(19)13(21)10(14(22)12(9)20)8-24-16(23)15-17(2,3)18(15,4)5/h1,15H,7-8H2,2-5H3. The molecule has 0 aromatic heterocycles. The van der Waals surface area contributed by atoms with Gasteiger partial charge >= 0.3 is 5.97 Å². The van der Waals surface area contributed by atoms with Gasteiger partial charge in [-0.2, -0.15) is 0 Å². The molecule has 0 saturated heterocycles. The molecule has 0 radical (unpaired) electrons. The molecular weight excluding hydrogens is 324 g/mol. The quantitative estimate of drug-likeness (QED) is 0.356. The van der Waals surface area contributed by atoms with Gasteiger partial charge in [0.2, 0.25) is 0 Å². The minimum atomic E-state index is -1.60. The fourth-order valence-electron chi connectivity index (χ4n) is 3.12. The van der Waals surface area contributed by atoms with Crippen LogP contribution >= 0.6 is 0 Å². The average Bonchev–Trinajstić information content (AvgIpc) is 2.91. The summed E-state index contributed by atoms with van der Waals surface area (Å²) in [5, 5.41) is 0. The number of hydrogen-bond acceptors (Lipinski definition) is 2. The number of hydrogen-bond donors (Lipinski definition) is 0. The molecule has 1 aromatic rings. The van der Waals surface area contributed by atoms with Gasteiger partial charge in [-0.15, -0.1) is 12.3 Å². The van der Waals surface area contributed by atoms with Crippen LogP contribution in [0.4, 0.5) is 17.6 Å². The molecule has 2 nitrogen and oxygen atoms in total. The Balaban J connectivity index is 2.23. The lowest BCUT2D eigenvalue weighted by Gasteiger charge is -2.11. The highest BCUT2D eigenvalue weighted by Gasteiger charge is 2.69. The predicted molar refractivity (Wildman–Crippen MR) is 79.7 cm³/mol. The van der Waals surface area contributed by atoms with Crippen molar-refractivity contribution < 1.29 is 27.1 Å². The highest BCUT2D eigenvalue weighted by molar-refractivity contribution is 5.78. The summed E-state index contributed by atoms with van der Waals surface area (Å²) in [5.41, 5.74) is -2.47. The molecule has 1 saturated carbocycles.